The number of carbonyl (C=O) groups is 1. The van der Waals surface area contributed by atoms with Crippen molar-refractivity contribution in [2.75, 3.05) is 25.5 Å². The minimum absolute atomic E-state index is 0.0107. The molecule has 0 aliphatic carbocycles. The maximum absolute atomic E-state index is 10.9. The summed E-state index contributed by atoms with van der Waals surface area (Å²) in [5, 5.41) is 9.44. The lowest BCUT2D eigenvalue weighted by atomic mass is 10.1. The Hall–Kier alpha value is -1.33. The normalized spacial score (nSPS) is 12.2. The third-order valence-corrected chi connectivity index (χ3v) is 2.52. The molecule has 1 aromatic heterocycles. The van der Waals surface area contributed by atoms with Crippen LogP contribution in [0.2, 0.25) is 5.02 Å². The topological polar surface area (TPSA) is 79.5 Å². The van der Waals surface area contributed by atoms with Gasteiger partial charge in [-0.2, -0.15) is 0 Å². The summed E-state index contributed by atoms with van der Waals surface area (Å²) in [6, 6.07) is 1.65. The van der Waals surface area contributed by atoms with Gasteiger partial charge in [0.25, 0.3) is 0 Å². The van der Waals surface area contributed by atoms with Crippen LogP contribution in [-0.4, -0.2) is 36.7 Å². The molecule has 0 aliphatic heterocycles. The molecule has 1 unspecified atom stereocenters. The molecule has 6 heteroatoms. The lowest BCUT2D eigenvalue weighted by Gasteiger charge is -2.17. The second-order valence-corrected chi connectivity index (χ2v) is 3.99. The second-order valence-electron chi connectivity index (χ2n) is 3.58. The number of hydrogen-bond donors (Lipinski definition) is 2. The zero-order valence-electron chi connectivity index (χ0n) is 9.14. The van der Waals surface area contributed by atoms with Gasteiger partial charge in [0.1, 0.15) is 5.92 Å². The lowest BCUT2D eigenvalue weighted by molar-refractivity contribution is -0.138. The summed E-state index contributed by atoms with van der Waals surface area (Å²) in [5.74, 6) is -1.78. The average molecular weight is 244 g/mol. The molecule has 16 heavy (non-hydrogen) atoms. The number of pyridine rings is 1. The second kappa shape index (κ2) is 5.14. The summed E-state index contributed by atoms with van der Waals surface area (Å²) < 4.78 is 0. The summed E-state index contributed by atoms with van der Waals surface area (Å²) in [4.78, 5) is 16.7. The SMILES string of the molecule is CN(C)c1cc(C(CN)C(=O)O)ncc1Cl. The molecule has 88 valence electrons. The molecule has 5 nitrogen and oxygen atoms in total. The summed E-state index contributed by atoms with van der Waals surface area (Å²) in [7, 11) is 3.65. The number of carboxylic acids is 1. The van der Waals surface area contributed by atoms with Crippen molar-refractivity contribution >= 4 is 23.3 Å². The van der Waals surface area contributed by atoms with Crippen molar-refractivity contribution < 1.29 is 9.90 Å². The van der Waals surface area contributed by atoms with E-state index in [1.54, 1.807) is 11.0 Å². The first-order valence-electron chi connectivity index (χ1n) is 4.73. The molecular formula is C10H14ClN3O2. The van der Waals surface area contributed by atoms with Gasteiger partial charge in [0, 0.05) is 26.8 Å². The predicted molar refractivity (Wildman–Crippen MR) is 63.0 cm³/mol. The first-order valence-corrected chi connectivity index (χ1v) is 5.10. The van der Waals surface area contributed by atoms with E-state index in [9.17, 15) is 4.79 Å². The molecular weight excluding hydrogens is 230 g/mol. The molecule has 0 aromatic carbocycles. The lowest BCUT2D eigenvalue weighted by Crippen LogP contribution is -2.22. The Morgan fingerprint density at radius 2 is 2.31 bits per heavy atom. The van der Waals surface area contributed by atoms with Crippen LogP contribution in [0.5, 0.6) is 0 Å². The van der Waals surface area contributed by atoms with Crippen molar-refractivity contribution in [2.45, 2.75) is 5.92 Å². The van der Waals surface area contributed by atoms with Crippen molar-refractivity contribution in [3.63, 3.8) is 0 Å². The predicted octanol–water partition coefficient (Wildman–Crippen LogP) is 0.928. The third kappa shape index (κ3) is 2.62. The molecule has 1 rings (SSSR count). The quantitative estimate of drug-likeness (QED) is 0.822. The van der Waals surface area contributed by atoms with Crippen LogP contribution in [0.25, 0.3) is 0 Å². The van der Waals surface area contributed by atoms with Crippen molar-refractivity contribution in [3.05, 3.63) is 23.0 Å². The van der Waals surface area contributed by atoms with Gasteiger partial charge in [-0.1, -0.05) is 11.6 Å². The number of aliphatic carboxylic acids is 1. The van der Waals surface area contributed by atoms with Crippen LogP contribution in [0, 0.1) is 0 Å². The van der Waals surface area contributed by atoms with E-state index in [0.29, 0.717) is 10.7 Å². The van der Waals surface area contributed by atoms with Crippen molar-refractivity contribution in [3.8, 4) is 0 Å². The van der Waals surface area contributed by atoms with E-state index in [-0.39, 0.29) is 6.54 Å². The highest BCUT2D eigenvalue weighted by Gasteiger charge is 2.20. The van der Waals surface area contributed by atoms with Crippen LogP contribution in [-0.2, 0) is 4.79 Å². The maximum Gasteiger partial charge on any atom is 0.313 e. The number of nitrogens with zero attached hydrogens (tertiary/aromatic N) is 2. The maximum atomic E-state index is 10.9. The largest absolute Gasteiger partial charge is 0.481 e. The van der Waals surface area contributed by atoms with Gasteiger partial charge in [-0.05, 0) is 6.07 Å². The highest BCUT2D eigenvalue weighted by atomic mass is 35.5. The third-order valence-electron chi connectivity index (χ3n) is 2.23. The molecule has 1 atom stereocenters. The molecule has 0 fully saturated rings. The fraction of sp³-hybridized carbons (Fsp3) is 0.400. The Labute approximate surface area is 98.8 Å². The Balaban J connectivity index is 3.15. The molecule has 3 N–H and O–H groups in total. The van der Waals surface area contributed by atoms with E-state index in [0.717, 1.165) is 5.69 Å². The molecule has 0 radical (unpaired) electrons. The van der Waals surface area contributed by atoms with E-state index in [2.05, 4.69) is 4.98 Å². The Bertz CT molecular complexity index is 396. The Morgan fingerprint density at radius 3 is 2.75 bits per heavy atom. The summed E-state index contributed by atoms with van der Waals surface area (Å²) >= 11 is 5.94. The number of rotatable bonds is 4. The smallest absolute Gasteiger partial charge is 0.313 e. The molecule has 0 amide bonds. The van der Waals surface area contributed by atoms with Gasteiger partial charge in [0.05, 0.1) is 16.4 Å². The highest BCUT2D eigenvalue weighted by Crippen LogP contribution is 2.26. The van der Waals surface area contributed by atoms with Crippen LogP contribution in [0.1, 0.15) is 11.6 Å². The van der Waals surface area contributed by atoms with Crippen molar-refractivity contribution in [1.29, 1.82) is 0 Å². The Morgan fingerprint density at radius 1 is 1.69 bits per heavy atom. The van der Waals surface area contributed by atoms with Gasteiger partial charge < -0.3 is 15.7 Å². The van der Waals surface area contributed by atoms with Crippen LogP contribution < -0.4 is 10.6 Å². The molecule has 0 bridgehead atoms. The molecule has 0 saturated carbocycles. The fourth-order valence-electron chi connectivity index (χ4n) is 1.32. The first-order chi connectivity index (χ1) is 7.47. The van der Waals surface area contributed by atoms with Crippen LogP contribution in [0.3, 0.4) is 0 Å². The van der Waals surface area contributed by atoms with Crippen LogP contribution in [0.15, 0.2) is 12.3 Å². The van der Waals surface area contributed by atoms with E-state index >= 15 is 0 Å². The zero-order chi connectivity index (χ0) is 12.3. The number of hydrogen-bond acceptors (Lipinski definition) is 4. The Kier molecular flexibility index (Phi) is 4.09. The molecule has 1 heterocycles. The monoisotopic (exact) mass is 243 g/mol. The highest BCUT2D eigenvalue weighted by molar-refractivity contribution is 6.33. The molecule has 0 aliphatic rings. The van der Waals surface area contributed by atoms with Gasteiger partial charge in [-0.25, -0.2) is 0 Å². The van der Waals surface area contributed by atoms with Crippen molar-refractivity contribution in [2.24, 2.45) is 5.73 Å². The fourth-order valence-corrected chi connectivity index (χ4v) is 1.60. The standard InChI is InChI=1S/C10H14ClN3O2/c1-14(2)9-3-8(13-5-7(9)11)6(4-12)10(15)16/h3,5-6H,4,12H2,1-2H3,(H,15,16). The van der Waals surface area contributed by atoms with Gasteiger partial charge in [0.2, 0.25) is 0 Å². The van der Waals surface area contributed by atoms with Gasteiger partial charge in [-0.15, -0.1) is 0 Å². The minimum Gasteiger partial charge on any atom is -0.481 e. The summed E-state index contributed by atoms with van der Waals surface area (Å²) in [5.41, 5.74) is 6.55. The minimum atomic E-state index is -0.984. The van der Waals surface area contributed by atoms with Crippen LogP contribution >= 0.6 is 11.6 Å². The number of aromatic nitrogens is 1. The van der Waals surface area contributed by atoms with Gasteiger partial charge in [0.15, 0.2) is 0 Å². The average Bonchev–Trinajstić information content (AvgIpc) is 2.20. The molecule has 0 saturated heterocycles. The first kappa shape index (κ1) is 12.7. The molecule has 0 spiro atoms. The van der Waals surface area contributed by atoms with Crippen molar-refractivity contribution in [1.82, 2.24) is 4.98 Å². The van der Waals surface area contributed by atoms with E-state index in [1.165, 1.54) is 6.20 Å². The van der Waals surface area contributed by atoms with E-state index < -0.39 is 11.9 Å². The van der Waals surface area contributed by atoms with Gasteiger partial charge in [-0.3, -0.25) is 9.78 Å². The number of halogens is 1. The van der Waals surface area contributed by atoms with E-state index in [1.807, 2.05) is 14.1 Å². The summed E-state index contributed by atoms with van der Waals surface area (Å²) in [6.07, 6.45) is 1.44. The van der Waals surface area contributed by atoms with E-state index in [4.69, 9.17) is 22.4 Å². The zero-order valence-corrected chi connectivity index (χ0v) is 9.90. The molecule has 1 aromatic rings. The number of carboxylic acid groups (broad SMARTS) is 1. The summed E-state index contributed by atoms with van der Waals surface area (Å²) in [6.45, 7) is 0.0107. The van der Waals surface area contributed by atoms with Crippen LogP contribution in [0.4, 0.5) is 5.69 Å². The number of nitrogens with two attached hydrogens (primary N) is 1. The number of anilines is 1. The van der Waals surface area contributed by atoms with Gasteiger partial charge >= 0.3 is 5.97 Å².